The first-order valence-electron chi connectivity index (χ1n) is 7.86. The van der Waals surface area contributed by atoms with Crippen LogP contribution in [0.1, 0.15) is 38.7 Å². The van der Waals surface area contributed by atoms with Crippen molar-refractivity contribution in [1.82, 2.24) is 10.2 Å². The molecule has 2 rings (SSSR count). The first-order chi connectivity index (χ1) is 9.63. The average Bonchev–Trinajstić information content (AvgIpc) is 2.48. The van der Waals surface area contributed by atoms with Crippen molar-refractivity contribution in [2.24, 2.45) is 0 Å². The minimum Gasteiger partial charge on any atom is -0.384 e. The molecular weight excluding hydrogens is 248 g/mol. The van der Waals surface area contributed by atoms with Gasteiger partial charge in [0.05, 0.1) is 5.60 Å². The molecule has 0 amide bonds. The van der Waals surface area contributed by atoms with E-state index in [0.717, 1.165) is 38.2 Å². The van der Waals surface area contributed by atoms with Gasteiger partial charge >= 0.3 is 0 Å². The third-order valence-corrected chi connectivity index (χ3v) is 4.24. The van der Waals surface area contributed by atoms with Crippen LogP contribution in [-0.2, 0) is 5.60 Å². The van der Waals surface area contributed by atoms with Crippen LogP contribution in [0.25, 0.3) is 0 Å². The Kier molecular flexibility index (Phi) is 5.58. The molecule has 112 valence electrons. The minimum absolute atomic E-state index is 0.603. The number of hydrogen-bond acceptors (Lipinski definition) is 3. The normalized spacial score (nSPS) is 20.0. The van der Waals surface area contributed by atoms with Gasteiger partial charge in [-0.3, -0.25) is 4.90 Å². The second kappa shape index (κ2) is 7.21. The summed E-state index contributed by atoms with van der Waals surface area (Å²) in [6.07, 6.45) is 3.50. The summed E-state index contributed by atoms with van der Waals surface area (Å²) in [5.74, 6) is 0. The van der Waals surface area contributed by atoms with Crippen molar-refractivity contribution in [2.45, 2.75) is 44.8 Å². The predicted molar refractivity (Wildman–Crippen MR) is 83.8 cm³/mol. The van der Waals surface area contributed by atoms with Crippen LogP contribution in [0.4, 0.5) is 0 Å². The van der Waals surface area contributed by atoms with Gasteiger partial charge in [-0.15, -0.1) is 0 Å². The topological polar surface area (TPSA) is 35.5 Å². The van der Waals surface area contributed by atoms with Gasteiger partial charge in [0, 0.05) is 12.6 Å². The molecule has 1 unspecified atom stereocenters. The van der Waals surface area contributed by atoms with Gasteiger partial charge in [0.1, 0.15) is 0 Å². The zero-order chi connectivity index (χ0) is 14.4. The SMILES string of the molecule is CCCN(CC(C)(O)c1ccccc1)C1CCNCC1. The Bertz CT molecular complexity index is 385. The Labute approximate surface area is 123 Å². The summed E-state index contributed by atoms with van der Waals surface area (Å²) in [5.41, 5.74) is 0.233. The lowest BCUT2D eigenvalue weighted by molar-refractivity contribution is -0.00279. The molecule has 1 atom stereocenters. The van der Waals surface area contributed by atoms with E-state index in [0.29, 0.717) is 6.04 Å². The molecule has 1 saturated heterocycles. The Balaban J connectivity index is 2.06. The maximum atomic E-state index is 10.9. The second-order valence-electron chi connectivity index (χ2n) is 6.09. The van der Waals surface area contributed by atoms with Crippen LogP contribution in [0, 0.1) is 0 Å². The summed E-state index contributed by atoms with van der Waals surface area (Å²) >= 11 is 0. The van der Waals surface area contributed by atoms with Crippen LogP contribution in [0.5, 0.6) is 0 Å². The Morgan fingerprint density at radius 2 is 1.90 bits per heavy atom. The van der Waals surface area contributed by atoms with E-state index in [1.165, 1.54) is 12.8 Å². The molecule has 0 aromatic heterocycles. The van der Waals surface area contributed by atoms with Crippen molar-refractivity contribution in [1.29, 1.82) is 0 Å². The molecule has 1 heterocycles. The van der Waals surface area contributed by atoms with E-state index in [-0.39, 0.29) is 0 Å². The molecule has 0 spiro atoms. The van der Waals surface area contributed by atoms with Crippen molar-refractivity contribution in [3.63, 3.8) is 0 Å². The number of rotatable bonds is 6. The van der Waals surface area contributed by atoms with Gasteiger partial charge in [-0.1, -0.05) is 37.3 Å². The van der Waals surface area contributed by atoms with Crippen molar-refractivity contribution in [2.75, 3.05) is 26.2 Å². The maximum Gasteiger partial charge on any atom is 0.0994 e. The fraction of sp³-hybridized carbons (Fsp3) is 0.647. The van der Waals surface area contributed by atoms with Crippen molar-refractivity contribution >= 4 is 0 Å². The van der Waals surface area contributed by atoms with Gasteiger partial charge < -0.3 is 10.4 Å². The number of aliphatic hydroxyl groups is 1. The quantitative estimate of drug-likeness (QED) is 0.837. The van der Waals surface area contributed by atoms with Crippen molar-refractivity contribution in [3.05, 3.63) is 35.9 Å². The lowest BCUT2D eigenvalue weighted by atomic mass is 9.93. The van der Waals surface area contributed by atoms with Gasteiger partial charge in [0.2, 0.25) is 0 Å². The van der Waals surface area contributed by atoms with Crippen LogP contribution in [0.15, 0.2) is 30.3 Å². The summed E-state index contributed by atoms with van der Waals surface area (Å²) in [7, 11) is 0. The van der Waals surface area contributed by atoms with Gasteiger partial charge in [-0.2, -0.15) is 0 Å². The van der Waals surface area contributed by atoms with E-state index in [1.54, 1.807) is 0 Å². The molecule has 1 aliphatic rings. The number of nitrogens with one attached hydrogen (secondary N) is 1. The highest BCUT2D eigenvalue weighted by Crippen LogP contribution is 2.24. The fourth-order valence-corrected chi connectivity index (χ4v) is 3.13. The summed E-state index contributed by atoms with van der Waals surface area (Å²) in [6, 6.07) is 10.6. The number of hydrogen-bond donors (Lipinski definition) is 2. The zero-order valence-corrected chi connectivity index (χ0v) is 12.8. The van der Waals surface area contributed by atoms with E-state index in [4.69, 9.17) is 0 Å². The molecule has 0 saturated carbocycles. The molecule has 0 bridgehead atoms. The van der Waals surface area contributed by atoms with E-state index in [9.17, 15) is 5.11 Å². The number of benzene rings is 1. The molecule has 0 aliphatic carbocycles. The third kappa shape index (κ3) is 4.05. The molecule has 3 nitrogen and oxygen atoms in total. The second-order valence-corrected chi connectivity index (χ2v) is 6.09. The molecule has 1 aromatic rings. The first kappa shape index (κ1) is 15.5. The average molecular weight is 276 g/mol. The zero-order valence-electron chi connectivity index (χ0n) is 12.8. The van der Waals surface area contributed by atoms with Crippen LogP contribution in [-0.4, -0.2) is 42.2 Å². The maximum absolute atomic E-state index is 10.9. The monoisotopic (exact) mass is 276 g/mol. The van der Waals surface area contributed by atoms with Gasteiger partial charge in [-0.25, -0.2) is 0 Å². The van der Waals surface area contributed by atoms with Crippen LogP contribution in [0.2, 0.25) is 0 Å². The number of nitrogens with zero attached hydrogens (tertiary/aromatic N) is 1. The standard InChI is InChI=1S/C17H28N2O/c1-3-13-19(16-9-11-18-12-10-16)14-17(2,20)15-7-5-4-6-8-15/h4-8,16,18,20H,3,9-14H2,1-2H3. The predicted octanol–water partition coefficient (Wildman–Crippen LogP) is 2.36. The van der Waals surface area contributed by atoms with Crippen molar-refractivity contribution < 1.29 is 5.11 Å². The lowest BCUT2D eigenvalue weighted by Crippen LogP contribution is -2.48. The molecule has 1 fully saturated rings. The summed E-state index contributed by atoms with van der Waals surface area (Å²) in [6.45, 7) is 8.12. The Hall–Kier alpha value is -0.900. The highest BCUT2D eigenvalue weighted by Gasteiger charge is 2.29. The fourth-order valence-electron chi connectivity index (χ4n) is 3.13. The summed E-state index contributed by atoms with van der Waals surface area (Å²) in [5, 5.41) is 14.3. The van der Waals surface area contributed by atoms with E-state index in [1.807, 2.05) is 37.3 Å². The highest BCUT2D eigenvalue weighted by molar-refractivity contribution is 5.21. The van der Waals surface area contributed by atoms with Gasteiger partial charge in [0.15, 0.2) is 0 Å². The number of piperidine rings is 1. The first-order valence-corrected chi connectivity index (χ1v) is 7.86. The van der Waals surface area contributed by atoms with Crippen LogP contribution < -0.4 is 5.32 Å². The highest BCUT2D eigenvalue weighted by atomic mass is 16.3. The molecule has 1 aromatic carbocycles. The minimum atomic E-state index is -0.776. The third-order valence-electron chi connectivity index (χ3n) is 4.24. The van der Waals surface area contributed by atoms with Gasteiger partial charge in [0.25, 0.3) is 0 Å². The molecule has 1 aliphatic heterocycles. The van der Waals surface area contributed by atoms with Crippen molar-refractivity contribution in [3.8, 4) is 0 Å². The molecule has 20 heavy (non-hydrogen) atoms. The largest absolute Gasteiger partial charge is 0.384 e. The van der Waals surface area contributed by atoms with E-state index < -0.39 is 5.60 Å². The Morgan fingerprint density at radius 3 is 2.50 bits per heavy atom. The van der Waals surface area contributed by atoms with Gasteiger partial charge in [-0.05, 0) is 51.4 Å². The lowest BCUT2D eigenvalue weighted by Gasteiger charge is -2.39. The smallest absolute Gasteiger partial charge is 0.0994 e. The van der Waals surface area contributed by atoms with E-state index in [2.05, 4.69) is 17.1 Å². The van der Waals surface area contributed by atoms with Crippen LogP contribution in [0.3, 0.4) is 0 Å². The summed E-state index contributed by atoms with van der Waals surface area (Å²) < 4.78 is 0. The molecule has 3 heteroatoms. The Morgan fingerprint density at radius 1 is 1.25 bits per heavy atom. The molecule has 2 N–H and O–H groups in total. The molecule has 0 radical (unpaired) electrons. The van der Waals surface area contributed by atoms with E-state index >= 15 is 0 Å². The summed E-state index contributed by atoms with van der Waals surface area (Å²) in [4.78, 5) is 2.48. The van der Waals surface area contributed by atoms with Crippen LogP contribution >= 0.6 is 0 Å². The molecular formula is C17H28N2O.